The predicted octanol–water partition coefficient (Wildman–Crippen LogP) is 3.97. The normalized spacial score (nSPS) is 14.0. The molecular formula is C21H23N3O2. The van der Waals surface area contributed by atoms with Crippen molar-refractivity contribution >= 4 is 23.2 Å². The van der Waals surface area contributed by atoms with E-state index < -0.39 is 0 Å². The molecule has 134 valence electrons. The van der Waals surface area contributed by atoms with Crippen molar-refractivity contribution in [1.29, 1.82) is 0 Å². The monoisotopic (exact) mass is 349 g/mol. The molecule has 0 atom stereocenters. The van der Waals surface area contributed by atoms with Gasteiger partial charge in [-0.2, -0.15) is 5.10 Å². The van der Waals surface area contributed by atoms with E-state index in [1.54, 1.807) is 24.3 Å². The molecule has 0 unspecified atom stereocenters. The molecule has 0 aliphatic heterocycles. The first-order chi connectivity index (χ1) is 12.7. The van der Waals surface area contributed by atoms with Crippen LogP contribution in [-0.2, 0) is 4.79 Å². The van der Waals surface area contributed by atoms with Crippen molar-refractivity contribution in [2.24, 2.45) is 11.0 Å². The van der Waals surface area contributed by atoms with Gasteiger partial charge in [0.05, 0.1) is 5.71 Å². The quantitative estimate of drug-likeness (QED) is 0.586. The van der Waals surface area contributed by atoms with Gasteiger partial charge in [-0.3, -0.25) is 9.59 Å². The lowest BCUT2D eigenvalue weighted by molar-refractivity contribution is -0.117. The standard InChI is InChI=1S/C21H23N3O2/c1-2-6-19(15-7-4-3-5-8-15)23-24-21(26)17-11-13-18(14-12-17)22-20(25)16-9-10-16/h3-5,7-8,11-14,16H,2,6,9-10H2,1H3,(H,22,25)(H,24,26). The van der Waals surface area contributed by atoms with Crippen molar-refractivity contribution in [3.05, 3.63) is 65.7 Å². The molecule has 1 saturated carbocycles. The molecule has 0 heterocycles. The van der Waals surface area contributed by atoms with Crippen LogP contribution < -0.4 is 10.7 Å². The third kappa shape index (κ3) is 4.79. The van der Waals surface area contributed by atoms with Crippen molar-refractivity contribution in [2.45, 2.75) is 32.6 Å². The molecule has 0 saturated heterocycles. The fraction of sp³-hybridized carbons (Fsp3) is 0.286. The van der Waals surface area contributed by atoms with E-state index in [1.807, 2.05) is 30.3 Å². The number of amides is 2. The molecule has 2 amide bonds. The lowest BCUT2D eigenvalue weighted by atomic mass is 10.1. The van der Waals surface area contributed by atoms with Gasteiger partial charge in [0.2, 0.25) is 5.91 Å². The summed E-state index contributed by atoms with van der Waals surface area (Å²) in [4.78, 5) is 24.1. The third-order valence-corrected chi connectivity index (χ3v) is 4.25. The zero-order chi connectivity index (χ0) is 18.4. The van der Waals surface area contributed by atoms with Gasteiger partial charge in [-0.25, -0.2) is 5.43 Å². The number of nitrogens with zero attached hydrogens (tertiary/aromatic N) is 1. The molecule has 26 heavy (non-hydrogen) atoms. The number of hydrogen-bond donors (Lipinski definition) is 2. The number of benzene rings is 2. The molecule has 2 aromatic carbocycles. The van der Waals surface area contributed by atoms with E-state index >= 15 is 0 Å². The maximum absolute atomic E-state index is 12.3. The number of rotatable bonds is 7. The van der Waals surface area contributed by atoms with E-state index in [2.05, 4.69) is 22.8 Å². The molecule has 0 bridgehead atoms. The van der Waals surface area contributed by atoms with Crippen LogP contribution in [0.5, 0.6) is 0 Å². The molecular weight excluding hydrogens is 326 g/mol. The van der Waals surface area contributed by atoms with Crippen LogP contribution in [0.1, 0.15) is 48.5 Å². The first-order valence-electron chi connectivity index (χ1n) is 9.00. The van der Waals surface area contributed by atoms with Crippen molar-refractivity contribution in [2.75, 3.05) is 5.32 Å². The Balaban J connectivity index is 1.63. The number of nitrogens with one attached hydrogen (secondary N) is 2. The summed E-state index contributed by atoms with van der Waals surface area (Å²) in [6, 6.07) is 16.7. The van der Waals surface area contributed by atoms with Gasteiger partial charge in [0.1, 0.15) is 0 Å². The highest BCUT2D eigenvalue weighted by molar-refractivity contribution is 6.02. The van der Waals surface area contributed by atoms with Gasteiger partial charge in [-0.1, -0.05) is 43.7 Å². The molecule has 3 rings (SSSR count). The lowest BCUT2D eigenvalue weighted by Crippen LogP contribution is -2.20. The lowest BCUT2D eigenvalue weighted by Gasteiger charge is -2.07. The average molecular weight is 349 g/mol. The minimum Gasteiger partial charge on any atom is -0.326 e. The van der Waals surface area contributed by atoms with E-state index in [0.717, 1.165) is 37.0 Å². The summed E-state index contributed by atoms with van der Waals surface area (Å²) < 4.78 is 0. The molecule has 0 aromatic heterocycles. The maximum atomic E-state index is 12.3. The van der Waals surface area contributed by atoms with Gasteiger partial charge in [0, 0.05) is 17.2 Å². The van der Waals surface area contributed by atoms with Crippen molar-refractivity contribution in [3.8, 4) is 0 Å². The van der Waals surface area contributed by atoms with Gasteiger partial charge < -0.3 is 5.32 Å². The zero-order valence-electron chi connectivity index (χ0n) is 14.9. The van der Waals surface area contributed by atoms with Crippen molar-refractivity contribution in [1.82, 2.24) is 5.43 Å². The second-order valence-corrected chi connectivity index (χ2v) is 6.46. The van der Waals surface area contributed by atoms with Crippen molar-refractivity contribution in [3.63, 3.8) is 0 Å². The van der Waals surface area contributed by atoms with E-state index in [1.165, 1.54) is 0 Å². The first-order valence-corrected chi connectivity index (χ1v) is 9.00. The molecule has 5 nitrogen and oxygen atoms in total. The Morgan fingerprint density at radius 3 is 2.31 bits per heavy atom. The molecule has 1 aliphatic rings. The smallest absolute Gasteiger partial charge is 0.271 e. The number of anilines is 1. The fourth-order valence-electron chi connectivity index (χ4n) is 2.61. The minimum atomic E-state index is -0.269. The van der Waals surface area contributed by atoms with Gasteiger partial charge in [0.15, 0.2) is 0 Å². The van der Waals surface area contributed by atoms with Crippen molar-refractivity contribution < 1.29 is 9.59 Å². The highest BCUT2D eigenvalue weighted by Crippen LogP contribution is 2.30. The molecule has 2 aromatic rings. The van der Waals surface area contributed by atoms with E-state index in [4.69, 9.17) is 0 Å². The highest BCUT2D eigenvalue weighted by atomic mass is 16.2. The van der Waals surface area contributed by atoms with E-state index in [9.17, 15) is 9.59 Å². The van der Waals surface area contributed by atoms with Crippen LogP contribution in [0.15, 0.2) is 59.7 Å². The Morgan fingerprint density at radius 2 is 1.69 bits per heavy atom. The largest absolute Gasteiger partial charge is 0.326 e. The molecule has 2 N–H and O–H groups in total. The molecule has 1 fully saturated rings. The number of carbonyl (C=O) groups is 2. The Hall–Kier alpha value is -2.95. The summed E-state index contributed by atoms with van der Waals surface area (Å²) in [7, 11) is 0. The summed E-state index contributed by atoms with van der Waals surface area (Å²) in [5.41, 5.74) is 5.70. The summed E-state index contributed by atoms with van der Waals surface area (Å²) in [6.45, 7) is 2.08. The Kier molecular flexibility index (Phi) is 5.79. The van der Waals surface area contributed by atoms with Crippen LogP contribution >= 0.6 is 0 Å². The molecule has 1 aliphatic carbocycles. The zero-order valence-corrected chi connectivity index (χ0v) is 14.9. The number of hydrazone groups is 1. The summed E-state index contributed by atoms with van der Waals surface area (Å²) >= 11 is 0. The molecule has 5 heteroatoms. The van der Waals surface area contributed by atoms with Crippen LogP contribution in [0.25, 0.3) is 0 Å². The van der Waals surface area contributed by atoms with Crippen LogP contribution in [0, 0.1) is 5.92 Å². The minimum absolute atomic E-state index is 0.0545. The van der Waals surface area contributed by atoms with E-state index in [-0.39, 0.29) is 17.7 Å². The third-order valence-electron chi connectivity index (χ3n) is 4.25. The number of hydrogen-bond acceptors (Lipinski definition) is 3. The second kappa shape index (κ2) is 8.43. The van der Waals surface area contributed by atoms with Crippen LogP contribution in [-0.4, -0.2) is 17.5 Å². The fourth-order valence-corrected chi connectivity index (χ4v) is 2.61. The van der Waals surface area contributed by atoms with Gasteiger partial charge in [0.25, 0.3) is 5.91 Å². The van der Waals surface area contributed by atoms with Gasteiger partial charge >= 0.3 is 0 Å². The SMILES string of the molecule is CCCC(=NNC(=O)c1ccc(NC(=O)C2CC2)cc1)c1ccccc1. The topological polar surface area (TPSA) is 70.6 Å². The summed E-state index contributed by atoms with van der Waals surface area (Å²) in [5.74, 6) is -0.0595. The van der Waals surface area contributed by atoms with Gasteiger partial charge in [-0.05, 0) is 49.1 Å². The second-order valence-electron chi connectivity index (χ2n) is 6.46. The molecule has 0 radical (unpaired) electrons. The predicted molar refractivity (Wildman–Crippen MR) is 103 cm³/mol. The van der Waals surface area contributed by atoms with Gasteiger partial charge in [-0.15, -0.1) is 0 Å². The Morgan fingerprint density at radius 1 is 1.00 bits per heavy atom. The van der Waals surface area contributed by atoms with Crippen LogP contribution in [0.4, 0.5) is 5.69 Å². The average Bonchev–Trinajstić information content (AvgIpc) is 3.51. The first kappa shape index (κ1) is 17.9. The highest BCUT2D eigenvalue weighted by Gasteiger charge is 2.29. The summed E-state index contributed by atoms with van der Waals surface area (Å²) in [5, 5.41) is 7.17. The summed E-state index contributed by atoms with van der Waals surface area (Å²) in [6.07, 6.45) is 3.66. The van der Waals surface area contributed by atoms with Crippen LogP contribution in [0.3, 0.4) is 0 Å². The molecule has 0 spiro atoms. The Bertz CT molecular complexity index is 794. The van der Waals surface area contributed by atoms with Crippen LogP contribution in [0.2, 0.25) is 0 Å². The number of carbonyl (C=O) groups excluding carboxylic acids is 2. The Labute approximate surface area is 153 Å². The maximum Gasteiger partial charge on any atom is 0.271 e. The van der Waals surface area contributed by atoms with E-state index in [0.29, 0.717) is 11.3 Å².